The Kier molecular flexibility index (Phi) is 1.89. The lowest BCUT2D eigenvalue weighted by atomic mass is 10.0. The van der Waals surface area contributed by atoms with Gasteiger partial charge in [0.15, 0.2) is 0 Å². The van der Waals surface area contributed by atoms with Gasteiger partial charge in [-0.05, 0) is 0 Å². The highest BCUT2D eigenvalue weighted by atomic mass is 19.4. The highest BCUT2D eigenvalue weighted by Crippen LogP contribution is 2.52. The summed E-state index contributed by atoms with van der Waals surface area (Å²) < 4.78 is 37.5. The third-order valence-electron chi connectivity index (χ3n) is 2.10. The first kappa shape index (κ1) is 9.82. The van der Waals surface area contributed by atoms with Crippen molar-refractivity contribution in [3.8, 4) is 0 Å². The van der Waals surface area contributed by atoms with Crippen LogP contribution >= 0.6 is 0 Å². The first-order chi connectivity index (χ1) is 6.99. The van der Waals surface area contributed by atoms with Crippen molar-refractivity contribution < 1.29 is 18.0 Å². The predicted molar refractivity (Wildman–Crippen MR) is 43.8 cm³/mol. The Bertz CT molecular complexity index is 416. The second-order valence-corrected chi connectivity index (χ2v) is 3.05. The number of alkyl halides is 3. The molecule has 0 N–H and O–H groups in total. The molecule has 0 unspecified atom stereocenters. The third-order valence-corrected chi connectivity index (χ3v) is 2.10. The Labute approximate surface area is 82.6 Å². The highest BCUT2D eigenvalue weighted by molar-refractivity contribution is 5.75. The predicted octanol–water partition coefficient (Wildman–Crippen LogP) is 2.33. The van der Waals surface area contributed by atoms with Crippen molar-refractivity contribution in [2.45, 2.75) is 11.8 Å². The number of hydrogen-bond acceptors (Lipinski definition) is 3. The fourth-order valence-electron chi connectivity index (χ4n) is 1.21. The largest absolute Gasteiger partial charge is 0.442 e. The van der Waals surface area contributed by atoms with E-state index in [0.29, 0.717) is 0 Å². The summed E-state index contributed by atoms with van der Waals surface area (Å²) in [5.41, 5.74) is -2.31. The van der Waals surface area contributed by atoms with E-state index in [1.54, 1.807) is 6.29 Å². The van der Waals surface area contributed by atoms with Crippen LogP contribution in [0.5, 0.6) is 0 Å². The minimum atomic E-state index is -4.53. The molecule has 0 aromatic heterocycles. The summed E-state index contributed by atoms with van der Waals surface area (Å²) in [7, 11) is 0. The van der Waals surface area contributed by atoms with Gasteiger partial charge in [-0.3, -0.25) is 4.79 Å². The lowest BCUT2D eigenvalue weighted by molar-refractivity contribution is -0.166. The lowest BCUT2D eigenvalue weighted by Gasteiger charge is -2.14. The Morgan fingerprint density at radius 2 is 1.67 bits per heavy atom. The molecule has 0 aliphatic carbocycles. The van der Waals surface area contributed by atoms with Gasteiger partial charge in [-0.2, -0.15) is 13.2 Å². The quantitative estimate of drug-likeness (QED) is 0.743. The summed E-state index contributed by atoms with van der Waals surface area (Å²) in [5.74, 6) is 0. The van der Waals surface area contributed by atoms with Gasteiger partial charge >= 0.3 is 11.8 Å². The van der Waals surface area contributed by atoms with Crippen LogP contribution in [0.1, 0.15) is 11.1 Å². The van der Waals surface area contributed by atoms with E-state index in [2.05, 4.69) is 10.2 Å². The van der Waals surface area contributed by atoms with Gasteiger partial charge in [-0.25, -0.2) is 0 Å². The Morgan fingerprint density at radius 3 is 2.00 bits per heavy atom. The smallest absolute Gasteiger partial charge is 0.285 e. The molecule has 1 aromatic rings. The molecule has 0 bridgehead atoms. The van der Waals surface area contributed by atoms with Crippen molar-refractivity contribution in [2.75, 3.05) is 0 Å². The maximum Gasteiger partial charge on any atom is 0.442 e. The van der Waals surface area contributed by atoms with Gasteiger partial charge in [0.05, 0.1) is 0 Å². The molecule has 15 heavy (non-hydrogen) atoms. The molecule has 0 fully saturated rings. The first-order valence-electron chi connectivity index (χ1n) is 3.99. The maximum atomic E-state index is 12.5. The number of hydrogen-bond donors (Lipinski definition) is 0. The second kappa shape index (κ2) is 2.88. The van der Waals surface area contributed by atoms with Crippen molar-refractivity contribution in [2.24, 2.45) is 10.2 Å². The van der Waals surface area contributed by atoms with Gasteiger partial charge in [-0.15, -0.1) is 10.2 Å². The van der Waals surface area contributed by atoms with Gasteiger partial charge < -0.3 is 0 Å². The Hall–Kier alpha value is -1.72. The van der Waals surface area contributed by atoms with E-state index >= 15 is 0 Å². The van der Waals surface area contributed by atoms with Crippen LogP contribution in [0, 0.1) is 0 Å². The van der Waals surface area contributed by atoms with Gasteiger partial charge in [0.1, 0.15) is 0 Å². The van der Waals surface area contributed by atoms with Crippen molar-refractivity contribution in [1.82, 2.24) is 0 Å². The van der Waals surface area contributed by atoms with Crippen LogP contribution in [0.25, 0.3) is 0 Å². The first-order valence-corrected chi connectivity index (χ1v) is 3.99. The van der Waals surface area contributed by atoms with Crippen LogP contribution < -0.4 is 0 Å². The zero-order chi connectivity index (χ0) is 11.1. The summed E-state index contributed by atoms with van der Waals surface area (Å²) in [6.07, 6.45) is -2.96. The number of benzene rings is 1. The summed E-state index contributed by atoms with van der Waals surface area (Å²) in [6.45, 7) is 0. The minimum Gasteiger partial charge on any atom is -0.285 e. The van der Waals surface area contributed by atoms with Crippen molar-refractivity contribution in [1.29, 1.82) is 0 Å². The molecule has 1 aliphatic heterocycles. The van der Waals surface area contributed by atoms with Crippen LogP contribution in [0.15, 0.2) is 34.5 Å². The molecule has 6 heteroatoms. The average molecular weight is 213 g/mol. The van der Waals surface area contributed by atoms with Gasteiger partial charge in [0, 0.05) is 11.1 Å². The molecule has 0 atom stereocenters. The molecular weight excluding hydrogens is 209 g/mol. The molecule has 0 spiro atoms. The molecule has 1 aromatic carbocycles. The molecule has 2 rings (SSSR count). The lowest BCUT2D eigenvalue weighted by Crippen LogP contribution is -2.30. The molecule has 3 nitrogen and oxygen atoms in total. The van der Waals surface area contributed by atoms with Crippen LogP contribution in [-0.4, -0.2) is 12.5 Å². The van der Waals surface area contributed by atoms with E-state index in [4.69, 9.17) is 0 Å². The molecule has 0 amide bonds. The number of halogens is 3. The monoisotopic (exact) mass is 213 g/mol. The van der Waals surface area contributed by atoms with Crippen molar-refractivity contribution in [3.63, 3.8) is 0 Å². The maximum absolute atomic E-state index is 12.5. The van der Waals surface area contributed by atoms with Crippen LogP contribution in [0.2, 0.25) is 0 Å². The van der Waals surface area contributed by atoms with Gasteiger partial charge in [0.25, 0.3) is 0 Å². The second-order valence-electron chi connectivity index (χ2n) is 3.05. The molecule has 1 heterocycles. The SMILES string of the molecule is O=[C]c1ccc(C2(C(F)(F)F)N=N2)cc1. The molecule has 0 saturated heterocycles. The fraction of sp³-hybridized carbons (Fsp3) is 0.222. The summed E-state index contributed by atoms with van der Waals surface area (Å²) in [6, 6.07) is 4.85. The number of rotatable bonds is 2. The Morgan fingerprint density at radius 1 is 1.13 bits per heavy atom. The molecular formula is C9H4F3N2O. The molecule has 1 aliphatic rings. The van der Waals surface area contributed by atoms with Crippen LogP contribution in [0.4, 0.5) is 13.2 Å². The topological polar surface area (TPSA) is 41.8 Å². The van der Waals surface area contributed by atoms with E-state index in [1.807, 2.05) is 0 Å². The fourth-order valence-corrected chi connectivity index (χ4v) is 1.21. The van der Waals surface area contributed by atoms with E-state index in [0.717, 1.165) is 0 Å². The van der Waals surface area contributed by atoms with Crippen LogP contribution in [-0.2, 0) is 10.5 Å². The number of nitrogens with zero attached hydrogens (tertiary/aromatic N) is 2. The summed E-state index contributed by atoms with van der Waals surface area (Å²) in [4.78, 5) is 10.2. The molecule has 77 valence electrons. The highest BCUT2D eigenvalue weighted by Gasteiger charge is 2.65. The van der Waals surface area contributed by atoms with Crippen molar-refractivity contribution in [3.05, 3.63) is 35.4 Å². The van der Waals surface area contributed by atoms with Crippen LogP contribution in [0.3, 0.4) is 0 Å². The summed E-state index contributed by atoms with van der Waals surface area (Å²) >= 11 is 0. The van der Waals surface area contributed by atoms with Gasteiger partial charge in [-0.1, -0.05) is 24.3 Å². The average Bonchev–Trinajstić information content (AvgIpc) is 2.98. The van der Waals surface area contributed by atoms with E-state index in [1.165, 1.54) is 24.3 Å². The zero-order valence-corrected chi connectivity index (χ0v) is 7.25. The third kappa shape index (κ3) is 1.42. The zero-order valence-electron chi connectivity index (χ0n) is 7.25. The van der Waals surface area contributed by atoms with E-state index < -0.39 is 11.8 Å². The Balaban J connectivity index is 2.35. The minimum absolute atomic E-state index is 0.0889. The molecule has 0 saturated carbocycles. The van der Waals surface area contributed by atoms with Gasteiger partial charge in [0.2, 0.25) is 6.29 Å². The summed E-state index contributed by atoms with van der Waals surface area (Å²) in [5, 5.41) is 6.06. The van der Waals surface area contributed by atoms with Crippen molar-refractivity contribution >= 4 is 6.29 Å². The van der Waals surface area contributed by atoms with E-state index in [9.17, 15) is 18.0 Å². The normalized spacial score (nSPS) is 17.5. The standard InChI is InChI=1S/C9H4F3N2O/c10-9(11,12)8(13-14-8)7-3-1-6(5-15)2-4-7/h1-4H. The molecule has 1 radical (unpaired) electrons. The van der Waals surface area contributed by atoms with E-state index in [-0.39, 0.29) is 11.1 Å². The number of carbonyl (C=O) groups excluding carboxylic acids is 1.